The van der Waals surface area contributed by atoms with E-state index in [0.29, 0.717) is 47.0 Å². The third-order valence-corrected chi connectivity index (χ3v) is 5.26. The number of carbonyl (C=O) groups excluding carboxylic acids is 1. The second kappa shape index (κ2) is 9.88. The molecule has 6 heteroatoms. The van der Waals surface area contributed by atoms with Crippen LogP contribution in [0.5, 0.6) is 23.0 Å². The third kappa shape index (κ3) is 4.54. The molecule has 166 valence electrons. The average Bonchev–Trinajstić information content (AvgIpc) is 2.95. The van der Waals surface area contributed by atoms with Crippen molar-refractivity contribution in [3.05, 3.63) is 53.1 Å². The van der Waals surface area contributed by atoms with E-state index in [4.69, 9.17) is 23.7 Å². The Labute approximate surface area is 183 Å². The number of ether oxygens (including phenoxy) is 5. The number of rotatable bonds is 8. The molecule has 0 spiro atoms. The first-order chi connectivity index (χ1) is 14.9. The second-order valence-electron chi connectivity index (χ2n) is 7.55. The summed E-state index contributed by atoms with van der Waals surface area (Å²) in [6.07, 6.45) is 3.13. The molecule has 1 atom stereocenters. The number of methoxy groups -OCH3 is 4. The first-order valence-electron chi connectivity index (χ1n) is 10.3. The largest absolute Gasteiger partial charge is 0.493 e. The Hall–Kier alpha value is -2.99. The van der Waals surface area contributed by atoms with Crippen LogP contribution in [0.1, 0.15) is 54.3 Å². The number of fused-ring (bicyclic) bond motifs is 1. The van der Waals surface area contributed by atoms with Crippen molar-refractivity contribution in [2.24, 2.45) is 0 Å². The van der Waals surface area contributed by atoms with Gasteiger partial charge < -0.3 is 23.7 Å². The molecule has 2 aromatic rings. The Morgan fingerprint density at radius 2 is 1.74 bits per heavy atom. The predicted octanol–water partition coefficient (Wildman–Crippen LogP) is 5.25. The van der Waals surface area contributed by atoms with E-state index < -0.39 is 0 Å². The molecule has 1 aliphatic rings. The van der Waals surface area contributed by atoms with Crippen LogP contribution in [0, 0.1) is 0 Å². The zero-order valence-corrected chi connectivity index (χ0v) is 19.0. The summed E-state index contributed by atoms with van der Waals surface area (Å²) in [5.41, 5.74) is 2.64. The molecule has 2 aromatic carbocycles. The van der Waals surface area contributed by atoms with Crippen molar-refractivity contribution in [2.45, 2.75) is 38.9 Å². The van der Waals surface area contributed by atoms with Gasteiger partial charge in [0.25, 0.3) is 0 Å². The molecule has 0 aliphatic heterocycles. The Bertz CT molecular complexity index is 976. The fourth-order valence-electron chi connectivity index (χ4n) is 3.94. The zero-order chi connectivity index (χ0) is 22.5. The van der Waals surface area contributed by atoms with Crippen molar-refractivity contribution in [3.63, 3.8) is 0 Å². The van der Waals surface area contributed by atoms with Crippen LogP contribution in [-0.2, 0) is 4.74 Å². The van der Waals surface area contributed by atoms with Gasteiger partial charge in [-0.25, -0.2) is 0 Å². The molecule has 0 bridgehead atoms. The average molecular weight is 427 g/mol. The van der Waals surface area contributed by atoms with Gasteiger partial charge in [0.1, 0.15) is 5.75 Å². The van der Waals surface area contributed by atoms with Gasteiger partial charge in [0.2, 0.25) is 5.75 Å². The lowest BCUT2D eigenvalue weighted by Crippen LogP contribution is -2.11. The van der Waals surface area contributed by atoms with Gasteiger partial charge in [-0.15, -0.1) is 0 Å². The lowest BCUT2D eigenvalue weighted by Gasteiger charge is -2.24. The summed E-state index contributed by atoms with van der Waals surface area (Å²) < 4.78 is 28.4. The topological polar surface area (TPSA) is 63.2 Å². The highest BCUT2D eigenvalue weighted by atomic mass is 16.5. The lowest BCUT2D eigenvalue weighted by atomic mass is 9.91. The highest BCUT2D eigenvalue weighted by molar-refractivity contribution is 6.29. The molecule has 6 nitrogen and oxygen atoms in total. The molecule has 1 aliphatic carbocycles. The van der Waals surface area contributed by atoms with E-state index >= 15 is 0 Å². The minimum atomic E-state index is -0.248. The van der Waals surface area contributed by atoms with Gasteiger partial charge in [0.15, 0.2) is 17.3 Å². The van der Waals surface area contributed by atoms with Gasteiger partial charge in [0, 0.05) is 23.8 Å². The minimum Gasteiger partial charge on any atom is -0.493 e. The second-order valence-corrected chi connectivity index (χ2v) is 7.55. The Balaban J connectivity index is 2.17. The van der Waals surface area contributed by atoms with Crippen LogP contribution in [-0.4, -0.2) is 40.3 Å². The molecular formula is C25H30O6. The molecule has 0 fully saturated rings. The fourth-order valence-corrected chi connectivity index (χ4v) is 3.94. The van der Waals surface area contributed by atoms with E-state index in [1.165, 1.54) is 0 Å². The van der Waals surface area contributed by atoms with Gasteiger partial charge in [-0.2, -0.15) is 0 Å². The normalized spacial score (nSPS) is 15.6. The molecule has 31 heavy (non-hydrogen) atoms. The maximum absolute atomic E-state index is 13.6. The summed E-state index contributed by atoms with van der Waals surface area (Å²) in [7, 11) is 6.36. The van der Waals surface area contributed by atoms with Crippen molar-refractivity contribution in [1.29, 1.82) is 0 Å². The number of ketones is 1. The number of Topliss-reactive ketones (excluding diaryl/α,β-unsaturated/α-hetero) is 1. The molecule has 0 heterocycles. The Morgan fingerprint density at radius 1 is 1.00 bits per heavy atom. The van der Waals surface area contributed by atoms with Crippen LogP contribution in [0.4, 0.5) is 0 Å². The van der Waals surface area contributed by atoms with Crippen LogP contribution >= 0.6 is 0 Å². The van der Waals surface area contributed by atoms with E-state index in [0.717, 1.165) is 11.1 Å². The number of hydrogen-bond acceptors (Lipinski definition) is 6. The van der Waals surface area contributed by atoms with Crippen molar-refractivity contribution in [1.82, 2.24) is 0 Å². The van der Waals surface area contributed by atoms with E-state index in [1.807, 2.05) is 38.1 Å². The summed E-state index contributed by atoms with van der Waals surface area (Å²) >= 11 is 0. The van der Waals surface area contributed by atoms with Gasteiger partial charge in [0.05, 0.1) is 33.5 Å². The van der Waals surface area contributed by atoms with Crippen molar-refractivity contribution in [3.8, 4) is 23.0 Å². The smallest absolute Gasteiger partial charge is 0.203 e. The predicted molar refractivity (Wildman–Crippen MR) is 120 cm³/mol. The monoisotopic (exact) mass is 426 g/mol. The summed E-state index contributed by atoms with van der Waals surface area (Å²) in [6, 6.07) is 9.08. The SMILES string of the molecule is COc1cc2c(c(OC)c1OC)C(OC)CCC=C2C(=O)c1cccc(OC(C)C)c1. The maximum Gasteiger partial charge on any atom is 0.203 e. The Morgan fingerprint density at radius 3 is 2.35 bits per heavy atom. The number of carbonyl (C=O) groups is 1. The number of allylic oxidation sites excluding steroid dienone is 2. The van der Waals surface area contributed by atoms with Gasteiger partial charge in [-0.1, -0.05) is 18.2 Å². The Kier molecular flexibility index (Phi) is 7.23. The number of hydrogen-bond donors (Lipinski definition) is 0. The van der Waals surface area contributed by atoms with Crippen LogP contribution in [0.25, 0.3) is 5.57 Å². The van der Waals surface area contributed by atoms with Crippen molar-refractivity contribution >= 4 is 11.4 Å². The molecule has 1 unspecified atom stereocenters. The van der Waals surface area contributed by atoms with Crippen LogP contribution in [0.15, 0.2) is 36.4 Å². The molecule has 0 saturated heterocycles. The minimum absolute atomic E-state index is 0.0200. The van der Waals surface area contributed by atoms with Crippen LogP contribution in [0.2, 0.25) is 0 Å². The summed E-state index contributed by atoms with van der Waals surface area (Å²) in [5, 5.41) is 0. The van der Waals surface area contributed by atoms with Crippen molar-refractivity contribution < 1.29 is 28.5 Å². The van der Waals surface area contributed by atoms with E-state index in [-0.39, 0.29) is 18.0 Å². The summed E-state index contributed by atoms with van der Waals surface area (Å²) in [4.78, 5) is 13.6. The highest BCUT2D eigenvalue weighted by Gasteiger charge is 2.31. The van der Waals surface area contributed by atoms with Crippen LogP contribution in [0.3, 0.4) is 0 Å². The molecule has 0 radical (unpaired) electrons. The van der Waals surface area contributed by atoms with Gasteiger partial charge in [-0.05, 0) is 50.5 Å². The number of benzene rings is 2. The molecule has 0 aromatic heterocycles. The first-order valence-corrected chi connectivity index (χ1v) is 10.3. The molecule has 0 saturated carbocycles. The summed E-state index contributed by atoms with van der Waals surface area (Å²) in [5.74, 6) is 2.05. The van der Waals surface area contributed by atoms with Crippen LogP contribution < -0.4 is 18.9 Å². The fraction of sp³-hybridized carbons (Fsp3) is 0.400. The third-order valence-electron chi connectivity index (χ3n) is 5.26. The molecule has 3 rings (SSSR count). The van der Waals surface area contributed by atoms with Crippen molar-refractivity contribution in [2.75, 3.05) is 28.4 Å². The summed E-state index contributed by atoms with van der Waals surface area (Å²) in [6.45, 7) is 3.91. The van der Waals surface area contributed by atoms with E-state index in [2.05, 4.69) is 0 Å². The van der Waals surface area contributed by atoms with Gasteiger partial charge >= 0.3 is 0 Å². The molecular weight excluding hydrogens is 396 g/mol. The van der Waals surface area contributed by atoms with E-state index in [9.17, 15) is 4.79 Å². The quantitative estimate of drug-likeness (QED) is 0.538. The molecule has 0 amide bonds. The maximum atomic E-state index is 13.6. The molecule has 0 N–H and O–H groups in total. The lowest BCUT2D eigenvalue weighted by molar-refractivity contribution is 0.0940. The van der Waals surface area contributed by atoms with Gasteiger partial charge in [-0.3, -0.25) is 4.79 Å². The van der Waals surface area contributed by atoms with E-state index in [1.54, 1.807) is 40.6 Å². The first kappa shape index (κ1) is 22.7. The zero-order valence-electron chi connectivity index (χ0n) is 19.0. The standard InChI is InChI=1S/C25H30O6/c1-15(2)31-17-10-7-9-16(13-17)23(26)18-11-8-12-20(27-3)22-19(18)14-21(28-4)24(29-5)25(22)30-6/h7,9-11,13-15,20H,8,12H2,1-6H3. The highest BCUT2D eigenvalue weighted by Crippen LogP contribution is 2.49.